The Kier molecular flexibility index (Phi) is 5.26. The lowest BCUT2D eigenvalue weighted by molar-refractivity contribution is -0.139. The second-order valence-corrected chi connectivity index (χ2v) is 6.63. The second kappa shape index (κ2) is 6.74. The van der Waals surface area contributed by atoms with E-state index in [0.29, 0.717) is 11.8 Å². The van der Waals surface area contributed by atoms with Crippen molar-refractivity contribution in [1.82, 2.24) is 4.90 Å². The maximum Gasteiger partial charge on any atom is 0.226 e. The lowest BCUT2D eigenvalue weighted by atomic mass is 9.94. The summed E-state index contributed by atoms with van der Waals surface area (Å²) in [4.78, 5) is 14.9. The minimum atomic E-state index is -0.306. The first-order chi connectivity index (χ1) is 9.09. The molecule has 2 fully saturated rings. The zero-order chi connectivity index (χ0) is 13.8. The van der Waals surface area contributed by atoms with Crippen LogP contribution >= 0.6 is 0 Å². The molecule has 1 heterocycles. The predicted molar refractivity (Wildman–Crippen MR) is 76.8 cm³/mol. The Morgan fingerprint density at radius 1 is 1.21 bits per heavy atom. The minimum Gasteiger partial charge on any atom is -0.393 e. The summed E-state index contributed by atoms with van der Waals surface area (Å²) in [5.74, 6) is 1.16. The summed E-state index contributed by atoms with van der Waals surface area (Å²) >= 11 is 0. The van der Waals surface area contributed by atoms with Gasteiger partial charge in [0.15, 0.2) is 0 Å². The molecular weight excluding hydrogens is 238 g/mol. The van der Waals surface area contributed by atoms with Gasteiger partial charge < -0.3 is 10.0 Å². The highest BCUT2D eigenvalue weighted by atomic mass is 16.3. The molecule has 0 radical (unpaired) electrons. The number of likely N-dealkylation sites (tertiary alicyclic amines) is 1. The topological polar surface area (TPSA) is 40.5 Å². The number of hydrogen-bond donors (Lipinski definition) is 1. The van der Waals surface area contributed by atoms with Crippen LogP contribution in [0.25, 0.3) is 0 Å². The van der Waals surface area contributed by atoms with Gasteiger partial charge in [0.2, 0.25) is 5.91 Å². The SMILES string of the molecule is CC(O)CC1CCCCCN1C(=O)C1CCCC1C. The van der Waals surface area contributed by atoms with Crippen molar-refractivity contribution in [3.8, 4) is 0 Å². The van der Waals surface area contributed by atoms with Crippen molar-refractivity contribution in [3.05, 3.63) is 0 Å². The zero-order valence-corrected chi connectivity index (χ0v) is 12.5. The summed E-state index contributed by atoms with van der Waals surface area (Å²) in [5.41, 5.74) is 0. The third-order valence-electron chi connectivity index (χ3n) is 4.95. The summed E-state index contributed by atoms with van der Waals surface area (Å²) in [6, 6.07) is 0.266. The molecular formula is C16H29NO2. The lowest BCUT2D eigenvalue weighted by Crippen LogP contribution is -2.45. The maximum atomic E-state index is 12.8. The molecule has 1 saturated carbocycles. The van der Waals surface area contributed by atoms with Crippen molar-refractivity contribution in [3.63, 3.8) is 0 Å². The van der Waals surface area contributed by atoms with Gasteiger partial charge in [0.25, 0.3) is 0 Å². The van der Waals surface area contributed by atoms with Crippen LogP contribution in [-0.2, 0) is 4.79 Å². The number of aliphatic hydroxyl groups excluding tert-OH is 1. The third-order valence-corrected chi connectivity index (χ3v) is 4.95. The number of nitrogens with zero attached hydrogens (tertiary/aromatic N) is 1. The first-order valence-corrected chi connectivity index (χ1v) is 8.08. The van der Waals surface area contributed by atoms with E-state index >= 15 is 0 Å². The fourth-order valence-corrected chi connectivity index (χ4v) is 3.83. The second-order valence-electron chi connectivity index (χ2n) is 6.63. The van der Waals surface area contributed by atoms with Crippen LogP contribution in [0.4, 0.5) is 0 Å². The van der Waals surface area contributed by atoms with Gasteiger partial charge in [0.05, 0.1) is 6.10 Å². The van der Waals surface area contributed by atoms with Crippen LogP contribution in [0, 0.1) is 11.8 Å². The maximum absolute atomic E-state index is 12.8. The fourth-order valence-electron chi connectivity index (χ4n) is 3.83. The zero-order valence-electron chi connectivity index (χ0n) is 12.5. The van der Waals surface area contributed by atoms with E-state index in [4.69, 9.17) is 0 Å². The number of carbonyl (C=O) groups is 1. The van der Waals surface area contributed by atoms with Crippen molar-refractivity contribution in [2.24, 2.45) is 11.8 Å². The Balaban J connectivity index is 2.05. The number of rotatable bonds is 3. The molecule has 0 aromatic heterocycles. The average Bonchev–Trinajstić information content (AvgIpc) is 2.64. The van der Waals surface area contributed by atoms with E-state index in [2.05, 4.69) is 11.8 Å². The van der Waals surface area contributed by atoms with Crippen LogP contribution in [0.15, 0.2) is 0 Å². The molecule has 0 spiro atoms. The Labute approximate surface area is 117 Å². The number of hydrogen-bond acceptors (Lipinski definition) is 2. The number of aliphatic hydroxyl groups is 1. The highest BCUT2D eigenvalue weighted by molar-refractivity contribution is 5.79. The van der Waals surface area contributed by atoms with E-state index in [1.165, 1.54) is 25.7 Å². The summed E-state index contributed by atoms with van der Waals surface area (Å²) < 4.78 is 0. The molecule has 1 aliphatic carbocycles. The van der Waals surface area contributed by atoms with Crippen molar-refractivity contribution >= 4 is 5.91 Å². The van der Waals surface area contributed by atoms with E-state index in [9.17, 15) is 9.90 Å². The van der Waals surface area contributed by atoms with E-state index in [1.54, 1.807) is 0 Å². The van der Waals surface area contributed by atoms with E-state index in [1.807, 2.05) is 6.92 Å². The predicted octanol–water partition coefficient (Wildman–Crippen LogP) is 2.96. The Bertz CT molecular complexity index is 303. The van der Waals surface area contributed by atoms with Crippen LogP contribution in [0.1, 0.15) is 65.2 Å². The molecule has 1 saturated heterocycles. The van der Waals surface area contributed by atoms with Gasteiger partial charge in [-0.15, -0.1) is 0 Å². The molecule has 4 atom stereocenters. The quantitative estimate of drug-likeness (QED) is 0.854. The molecule has 0 aromatic carbocycles. The number of carbonyl (C=O) groups excluding carboxylic acids is 1. The standard InChI is InChI=1S/C16H29NO2/c1-12-7-6-9-15(12)16(19)17-10-5-3-4-8-14(17)11-13(2)18/h12-15,18H,3-11H2,1-2H3. The van der Waals surface area contributed by atoms with Gasteiger partial charge >= 0.3 is 0 Å². The van der Waals surface area contributed by atoms with Crippen LogP contribution in [0.3, 0.4) is 0 Å². The monoisotopic (exact) mass is 267 g/mol. The van der Waals surface area contributed by atoms with Gasteiger partial charge in [-0.2, -0.15) is 0 Å². The van der Waals surface area contributed by atoms with Gasteiger partial charge in [0, 0.05) is 18.5 Å². The molecule has 2 rings (SSSR count). The van der Waals surface area contributed by atoms with Gasteiger partial charge in [0.1, 0.15) is 0 Å². The smallest absolute Gasteiger partial charge is 0.226 e. The normalized spacial score (nSPS) is 34.1. The largest absolute Gasteiger partial charge is 0.393 e. The summed E-state index contributed by atoms with van der Waals surface area (Å²) in [7, 11) is 0. The molecule has 0 bridgehead atoms. The first-order valence-electron chi connectivity index (χ1n) is 8.08. The van der Waals surface area contributed by atoms with E-state index in [0.717, 1.165) is 32.2 Å². The van der Waals surface area contributed by atoms with Gasteiger partial charge in [-0.25, -0.2) is 0 Å². The summed E-state index contributed by atoms with van der Waals surface area (Å²) in [6.07, 6.45) is 8.52. The van der Waals surface area contributed by atoms with Gasteiger partial charge in [-0.3, -0.25) is 4.79 Å². The fraction of sp³-hybridized carbons (Fsp3) is 0.938. The van der Waals surface area contributed by atoms with Crippen molar-refractivity contribution in [1.29, 1.82) is 0 Å². The number of amides is 1. The van der Waals surface area contributed by atoms with E-state index < -0.39 is 0 Å². The molecule has 19 heavy (non-hydrogen) atoms. The molecule has 1 N–H and O–H groups in total. The van der Waals surface area contributed by atoms with Crippen LogP contribution in [-0.4, -0.2) is 34.6 Å². The summed E-state index contributed by atoms with van der Waals surface area (Å²) in [5, 5.41) is 9.68. The Morgan fingerprint density at radius 2 is 2.00 bits per heavy atom. The molecule has 3 heteroatoms. The van der Waals surface area contributed by atoms with Crippen molar-refractivity contribution < 1.29 is 9.90 Å². The van der Waals surface area contributed by atoms with E-state index in [-0.39, 0.29) is 18.1 Å². The molecule has 3 nitrogen and oxygen atoms in total. The molecule has 1 aliphatic heterocycles. The molecule has 0 aromatic rings. The first kappa shape index (κ1) is 14.8. The van der Waals surface area contributed by atoms with Crippen molar-refractivity contribution in [2.75, 3.05) is 6.54 Å². The summed E-state index contributed by atoms with van der Waals surface area (Å²) in [6.45, 7) is 4.96. The van der Waals surface area contributed by atoms with Crippen molar-refractivity contribution in [2.45, 2.75) is 77.4 Å². The lowest BCUT2D eigenvalue weighted by Gasteiger charge is -2.34. The van der Waals surface area contributed by atoms with Gasteiger partial charge in [-0.05, 0) is 44.9 Å². The Morgan fingerprint density at radius 3 is 2.63 bits per heavy atom. The highest BCUT2D eigenvalue weighted by Gasteiger charge is 2.36. The molecule has 2 aliphatic rings. The average molecular weight is 267 g/mol. The van der Waals surface area contributed by atoms with Crippen LogP contribution in [0.2, 0.25) is 0 Å². The third kappa shape index (κ3) is 3.71. The molecule has 110 valence electrons. The van der Waals surface area contributed by atoms with Crippen LogP contribution in [0.5, 0.6) is 0 Å². The minimum absolute atomic E-state index is 0.245. The molecule has 4 unspecified atom stereocenters. The van der Waals surface area contributed by atoms with Gasteiger partial charge in [-0.1, -0.05) is 26.2 Å². The Hall–Kier alpha value is -0.570. The van der Waals surface area contributed by atoms with Crippen LogP contribution < -0.4 is 0 Å². The molecule has 1 amide bonds. The highest BCUT2D eigenvalue weighted by Crippen LogP contribution is 2.34.